The van der Waals surface area contributed by atoms with Gasteiger partial charge in [0.2, 0.25) is 15.9 Å². The lowest BCUT2D eigenvalue weighted by Gasteiger charge is -2.32. The number of carboxylic acid groups (broad SMARTS) is 1. The zero-order valence-electron chi connectivity index (χ0n) is 19.9. The number of nitrogens with two attached hydrogens (primary N) is 1. The van der Waals surface area contributed by atoms with Crippen LogP contribution in [0.3, 0.4) is 0 Å². The molecule has 0 saturated heterocycles. The Bertz CT molecular complexity index is 1590. The van der Waals surface area contributed by atoms with Gasteiger partial charge in [0.05, 0.1) is 10.5 Å². The number of anilines is 1. The molecule has 3 heterocycles. The summed E-state index contributed by atoms with van der Waals surface area (Å²) in [5.74, 6) is -0.902. The van der Waals surface area contributed by atoms with Crippen LogP contribution in [0, 0.1) is 0 Å². The Morgan fingerprint density at radius 1 is 1.11 bits per heavy atom. The zero-order valence-corrected chi connectivity index (χ0v) is 20.7. The lowest BCUT2D eigenvalue weighted by Crippen LogP contribution is -2.50. The molecule has 2 aromatic carbocycles. The molecule has 192 valence electrons. The van der Waals surface area contributed by atoms with Crippen LogP contribution >= 0.6 is 0 Å². The minimum absolute atomic E-state index is 0.0830. The Morgan fingerprint density at radius 3 is 2.70 bits per heavy atom. The highest BCUT2D eigenvalue weighted by Gasteiger charge is 2.32. The molecule has 0 spiro atoms. The average Bonchev–Trinajstić information content (AvgIpc) is 3.53. The van der Waals surface area contributed by atoms with E-state index in [0.717, 1.165) is 11.1 Å². The van der Waals surface area contributed by atoms with E-state index in [1.807, 2.05) is 0 Å². The molecule has 0 fully saturated rings. The quantitative estimate of drug-likeness (QED) is 0.280. The summed E-state index contributed by atoms with van der Waals surface area (Å²) >= 11 is 0. The fraction of sp³-hybridized carbons (Fsp3) is 0.231. The van der Waals surface area contributed by atoms with Gasteiger partial charge in [-0.1, -0.05) is 12.1 Å². The first kappa shape index (κ1) is 24.6. The Kier molecular flexibility index (Phi) is 6.48. The third kappa shape index (κ3) is 4.95. The Balaban J connectivity index is 1.43. The number of carboxylic acids is 1. The first-order valence-corrected chi connectivity index (χ1v) is 13.3. The number of aromatic carboxylic acids is 1. The summed E-state index contributed by atoms with van der Waals surface area (Å²) in [4.78, 5) is 29.8. The average molecular weight is 522 g/mol. The molecule has 37 heavy (non-hydrogen) atoms. The zero-order chi connectivity index (χ0) is 26.2. The normalized spacial score (nSPS) is 14.4. The van der Waals surface area contributed by atoms with E-state index in [1.54, 1.807) is 70.4 Å². The topological polar surface area (TPSA) is 151 Å². The number of aryl methyl sites for hydroxylation is 1. The van der Waals surface area contributed by atoms with Crippen molar-refractivity contribution in [3.05, 3.63) is 83.7 Å². The number of nitrogen functional groups attached to an aromatic ring is 1. The summed E-state index contributed by atoms with van der Waals surface area (Å²) in [6.45, 7) is 0.932. The second-order valence-corrected chi connectivity index (χ2v) is 10.8. The second kappa shape index (κ2) is 9.75. The van der Waals surface area contributed by atoms with Crippen LogP contribution in [0.4, 0.5) is 5.82 Å². The molecule has 1 amide bonds. The fourth-order valence-corrected chi connectivity index (χ4v) is 6.22. The number of fused-ring (bicyclic) bond motifs is 2. The van der Waals surface area contributed by atoms with Crippen molar-refractivity contribution in [2.24, 2.45) is 0 Å². The summed E-state index contributed by atoms with van der Waals surface area (Å²) in [6, 6.07) is 14.0. The highest BCUT2D eigenvalue weighted by atomic mass is 32.2. The minimum atomic E-state index is -4.06. The van der Waals surface area contributed by atoms with Gasteiger partial charge in [-0.3, -0.25) is 4.79 Å². The maximum absolute atomic E-state index is 13.7. The molecule has 0 aliphatic carbocycles. The van der Waals surface area contributed by atoms with Gasteiger partial charge < -0.3 is 25.3 Å². The van der Waals surface area contributed by atoms with Gasteiger partial charge in [-0.15, -0.1) is 0 Å². The Hall–Kier alpha value is -4.09. The molecule has 0 radical (unpaired) electrons. The molecule has 0 bridgehead atoms. The third-order valence-corrected chi connectivity index (χ3v) is 8.27. The summed E-state index contributed by atoms with van der Waals surface area (Å²) in [7, 11) is -4.06. The number of sulfonamides is 1. The molecule has 1 atom stereocenters. The molecule has 2 aromatic heterocycles. The number of aromatic nitrogens is 2. The van der Waals surface area contributed by atoms with Gasteiger partial charge in [-0.25, -0.2) is 13.2 Å². The van der Waals surface area contributed by atoms with Gasteiger partial charge in [0, 0.05) is 42.9 Å². The van der Waals surface area contributed by atoms with Crippen molar-refractivity contribution in [2.45, 2.75) is 36.9 Å². The predicted octanol–water partition coefficient (Wildman–Crippen LogP) is 2.57. The molecule has 4 aromatic rings. The number of rotatable bonds is 8. The summed E-state index contributed by atoms with van der Waals surface area (Å²) in [5, 5.41) is 9.89. The number of H-pyrrole nitrogens is 1. The molecule has 5 rings (SSSR count). The Labute approximate surface area is 213 Å². The molecule has 1 aliphatic heterocycles. The first-order chi connectivity index (χ1) is 17.7. The first-order valence-electron chi connectivity index (χ1n) is 11.9. The molecule has 1 aliphatic rings. The van der Waals surface area contributed by atoms with Gasteiger partial charge in [0.1, 0.15) is 11.9 Å². The molecule has 10 nitrogen and oxygen atoms in total. The third-order valence-electron chi connectivity index (χ3n) is 6.74. The van der Waals surface area contributed by atoms with Crippen LogP contribution < -0.4 is 10.5 Å². The van der Waals surface area contributed by atoms with E-state index in [0.29, 0.717) is 36.2 Å². The molecular weight excluding hydrogens is 494 g/mol. The van der Waals surface area contributed by atoms with Crippen molar-refractivity contribution in [2.75, 3.05) is 12.3 Å². The van der Waals surface area contributed by atoms with Crippen LogP contribution in [0.25, 0.3) is 10.9 Å². The van der Waals surface area contributed by atoms with E-state index in [4.69, 9.17) is 5.73 Å². The number of amides is 1. The van der Waals surface area contributed by atoms with Crippen molar-refractivity contribution >= 4 is 38.6 Å². The summed E-state index contributed by atoms with van der Waals surface area (Å²) < 4.78 is 31.4. The molecule has 5 N–H and O–H groups in total. The van der Waals surface area contributed by atoms with Crippen LogP contribution in [0.1, 0.15) is 27.9 Å². The fourth-order valence-electron chi connectivity index (χ4n) is 4.77. The number of hydrogen-bond acceptors (Lipinski definition) is 5. The van der Waals surface area contributed by atoms with E-state index in [9.17, 15) is 23.1 Å². The van der Waals surface area contributed by atoms with E-state index in [1.165, 1.54) is 6.07 Å². The molecule has 0 saturated carbocycles. The van der Waals surface area contributed by atoms with Crippen LogP contribution in [-0.4, -0.2) is 52.4 Å². The van der Waals surface area contributed by atoms with Crippen molar-refractivity contribution in [3.63, 3.8) is 0 Å². The van der Waals surface area contributed by atoms with Crippen molar-refractivity contribution in [1.29, 1.82) is 0 Å². The van der Waals surface area contributed by atoms with Gasteiger partial charge in [0.15, 0.2) is 0 Å². The van der Waals surface area contributed by atoms with Gasteiger partial charge >= 0.3 is 5.97 Å². The standard InChI is InChI=1S/C26H27N5O5S/c27-24-5-2-12-30(24)14-10-22(29-37(35,36)23-4-1-3-21-20(23)8-11-28-21)25(32)31-13-9-17-6-7-18(26(33)34)15-19(17)16-31/h1-8,11-12,15,22,28-29H,9-10,13-14,16,27H2,(H,33,34). The largest absolute Gasteiger partial charge is 0.478 e. The van der Waals surface area contributed by atoms with Crippen LogP contribution in [0.5, 0.6) is 0 Å². The highest BCUT2D eigenvalue weighted by molar-refractivity contribution is 7.89. The number of aromatic amines is 1. The molecular formula is C26H27N5O5S. The molecule has 1 unspecified atom stereocenters. The monoisotopic (exact) mass is 521 g/mol. The van der Waals surface area contributed by atoms with Crippen molar-refractivity contribution < 1.29 is 23.1 Å². The minimum Gasteiger partial charge on any atom is -0.478 e. The number of hydrogen-bond donors (Lipinski definition) is 4. The van der Waals surface area contributed by atoms with E-state index >= 15 is 0 Å². The smallest absolute Gasteiger partial charge is 0.335 e. The van der Waals surface area contributed by atoms with Crippen molar-refractivity contribution in [3.8, 4) is 0 Å². The Morgan fingerprint density at radius 2 is 1.95 bits per heavy atom. The molecule has 11 heteroatoms. The van der Waals surface area contributed by atoms with Crippen molar-refractivity contribution in [1.82, 2.24) is 19.2 Å². The second-order valence-electron chi connectivity index (χ2n) is 9.08. The van der Waals surface area contributed by atoms with E-state index < -0.39 is 22.0 Å². The number of carbonyl (C=O) groups is 2. The maximum Gasteiger partial charge on any atom is 0.335 e. The predicted molar refractivity (Wildman–Crippen MR) is 138 cm³/mol. The number of nitrogens with zero attached hydrogens (tertiary/aromatic N) is 2. The van der Waals surface area contributed by atoms with Crippen LogP contribution in [0.2, 0.25) is 0 Å². The number of benzene rings is 2. The van der Waals surface area contributed by atoms with E-state index in [2.05, 4.69) is 9.71 Å². The highest BCUT2D eigenvalue weighted by Crippen LogP contribution is 2.25. The lowest BCUT2D eigenvalue weighted by molar-refractivity contribution is -0.134. The van der Waals surface area contributed by atoms with Crippen LogP contribution in [-0.2, 0) is 34.3 Å². The summed E-state index contributed by atoms with van der Waals surface area (Å²) in [5.41, 5.74) is 8.52. The number of carbonyl (C=O) groups excluding carboxylic acids is 1. The van der Waals surface area contributed by atoms with Gasteiger partial charge in [0.25, 0.3) is 0 Å². The SMILES string of the molecule is Nc1cccn1CCC(NS(=O)(=O)c1cccc2[nH]ccc12)C(=O)N1CCc2ccc(C(=O)O)cc2C1. The summed E-state index contributed by atoms with van der Waals surface area (Å²) in [6.07, 6.45) is 4.17. The van der Waals surface area contributed by atoms with Crippen LogP contribution in [0.15, 0.2) is 71.9 Å². The lowest BCUT2D eigenvalue weighted by atomic mass is 9.96. The van der Waals surface area contributed by atoms with Gasteiger partial charge in [-0.2, -0.15) is 4.72 Å². The maximum atomic E-state index is 13.7. The van der Waals surface area contributed by atoms with Gasteiger partial charge in [-0.05, 0) is 66.4 Å². The van der Waals surface area contributed by atoms with E-state index in [-0.39, 0.29) is 29.3 Å². The number of nitrogens with one attached hydrogen (secondary N) is 2.